The summed E-state index contributed by atoms with van der Waals surface area (Å²) in [4.78, 5) is 28.9. The molecule has 43 heavy (non-hydrogen) atoms. The van der Waals surface area contributed by atoms with Gasteiger partial charge < -0.3 is 29.5 Å². The van der Waals surface area contributed by atoms with E-state index in [0.717, 1.165) is 27.8 Å². The van der Waals surface area contributed by atoms with Crippen LogP contribution in [0.3, 0.4) is 0 Å². The summed E-state index contributed by atoms with van der Waals surface area (Å²) in [5.74, 6) is 1.63. The van der Waals surface area contributed by atoms with Crippen LogP contribution in [0.5, 0.6) is 28.7 Å². The van der Waals surface area contributed by atoms with Gasteiger partial charge in [0, 0.05) is 18.7 Å². The number of fused-ring (bicyclic) bond motifs is 6. The van der Waals surface area contributed by atoms with E-state index in [1.54, 1.807) is 13.2 Å². The minimum absolute atomic E-state index is 0.0266. The first-order chi connectivity index (χ1) is 20.8. The number of aryl methyl sites for hydroxylation is 2. The molecule has 0 spiro atoms. The van der Waals surface area contributed by atoms with E-state index in [9.17, 15) is 14.7 Å². The van der Waals surface area contributed by atoms with Gasteiger partial charge in [0.05, 0.1) is 25.3 Å². The van der Waals surface area contributed by atoms with Crippen LogP contribution in [0.25, 0.3) is 0 Å². The molecule has 3 heterocycles. The number of phenolic OH excluding ortho intramolecular Hbond substituents is 1. The van der Waals surface area contributed by atoms with E-state index in [-0.39, 0.29) is 23.3 Å². The highest BCUT2D eigenvalue weighted by atomic mass is 16.5. The van der Waals surface area contributed by atoms with Crippen LogP contribution in [0, 0.1) is 13.8 Å². The maximum Gasteiger partial charge on any atom is 0.255 e. The van der Waals surface area contributed by atoms with E-state index >= 15 is 0 Å². The monoisotopic (exact) mass is 578 g/mol. The lowest BCUT2D eigenvalue weighted by Crippen LogP contribution is -2.41. The number of rotatable bonds is 2. The Morgan fingerprint density at radius 1 is 1.00 bits per heavy atom. The number of carbonyl (C=O) groups excluding carboxylic acids is 2. The summed E-state index contributed by atoms with van der Waals surface area (Å²) in [6.07, 6.45) is 1.17. The maximum absolute atomic E-state index is 14.1. The van der Waals surface area contributed by atoms with E-state index in [2.05, 4.69) is 5.32 Å². The summed E-state index contributed by atoms with van der Waals surface area (Å²) >= 11 is 0. The number of nitrogens with one attached hydrogen (secondary N) is 1. The molecular formula is C35H34N2O6. The quantitative estimate of drug-likeness (QED) is 0.298. The van der Waals surface area contributed by atoms with Crippen molar-refractivity contribution in [3.05, 3.63) is 112 Å². The number of aromatic hydroxyl groups is 1. The first-order valence-electron chi connectivity index (χ1n) is 14.4. The van der Waals surface area contributed by atoms with Gasteiger partial charge in [0.25, 0.3) is 11.8 Å². The molecule has 0 aromatic heterocycles. The van der Waals surface area contributed by atoms with Gasteiger partial charge in [-0.15, -0.1) is 0 Å². The number of hydrogen-bond acceptors (Lipinski definition) is 6. The number of nitrogens with zero attached hydrogens (tertiary/aromatic N) is 1. The second-order valence-electron chi connectivity index (χ2n) is 11.0. The number of benzene rings is 4. The maximum atomic E-state index is 14.1. The van der Waals surface area contributed by atoms with E-state index in [1.165, 1.54) is 12.1 Å². The van der Waals surface area contributed by atoms with Crippen molar-refractivity contribution in [1.82, 2.24) is 10.2 Å². The zero-order valence-electron chi connectivity index (χ0n) is 24.5. The molecule has 1 unspecified atom stereocenters. The Bertz CT molecular complexity index is 1720. The minimum atomic E-state index is -0.398. The molecule has 4 aromatic rings. The number of carbonyl (C=O) groups is 2. The first kappa shape index (κ1) is 28.2. The normalized spacial score (nSPS) is 16.3. The van der Waals surface area contributed by atoms with Crippen molar-refractivity contribution in [3.63, 3.8) is 0 Å². The van der Waals surface area contributed by atoms with Crippen LogP contribution >= 0.6 is 0 Å². The molecule has 8 bridgehead atoms. The SMILES string of the molecule is COc1ccc2cc1OCCCNC(=O)c1cc(ccc1O)Oc1ccc3c(c1)CCN(C(=O)c1ccc(C)cc1C)C23. The molecule has 2 N–H and O–H groups in total. The Morgan fingerprint density at radius 3 is 2.63 bits per heavy atom. The van der Waals surface area contributed by atoms with Gasteiger partial charge in [-0.05, 0) is 97.5 Å². The Hall–Kier alpha value is -4.98. The zero-order valence-corrected chi connectivity index (χ0v) is 24.5. The van der Waals surface area contributed by atoms with Crippen molar-refractivity contribution < 1.29 is 28.9 Å². The number of ether oxygens (including phenoxy) is 3. The molecule has 7 rings (SSSR count). The van der Waals surface area contributed by atoms with E-state index in [4.69, 9.17) is 14.2 Å². The fourth-order valence-corrected chi connectivity index (χ4v) is 5.88. The molecule has 8 nitrogen and oxygen atoms in total. The lowest BCUT2D eigenvalue weighted by Gasteiger charge is -2.38. The van der Waals surface area contributed by atoms with Crippen molar-refractivity contribution in [2.75, 3.05) is 26.8 Å². The van der Waals surface area contributed by atoms with Gasteiger partial charge in [-0.1, -0.05) is 29.8 Å². The summed E-state index contributed by atoms with van der Waals surface area (Å²) in [7, 11) is 1.59. The van der Waals surface area contributed by atoms with Gasteiger partial charge in [-0.25, -0.2) is 0 Å². The molecule has 8 heteroatoms. The largest absolute Gasteiger partial charge is 0.507 e. The third kappa shape index (κ3) is 5.60. The summed E-state index contributed by atoms with van der Waals surface area (Å²) in [5, 5.41) is 13.2. The highest BCUT2D eigenvalue weighted by Crippen LogP contribution is 2.41. The van der Waals surface area contributed by atoms with Crippen LogP contribution in [0.4, 0.5) is 0 Å². The van der Waals surface area contributed by atoms with Crippen molar-refractivity contribution >= 4 is 11.8 Å². The smallest absolute Gasteiger partial charge is 0.255 e. The molecule has 3 aliphatic heterocycles. The molecule has 0 saturated heterocycles. The summed E-state index contributed by atoms with van der Waals surface area (Å²) < 4.78 is 17.9. The highest BCUT2D eigenvalue weighted by Gasteiger charge is 2.34. The number of methoxy groups -OCH3 is 1. The van der Waals surface area contributed by atoms with Gasteiger partial charge in [-0.2, -0.15) is 0 Å². The van der Waals surface area contributed by atoms with Crippen molar-refractivity contribution in [1.29, 1.82) is 0 Å². The molecule has 0 aliphatic carbocycles. The van der Waals surface area contributed by atoms with Crippen LogP contribution in [-0.4, -0.2) is 48.6 Å². The van der Waals surface area contributed by atoms with Crippen molar-refractivity contribution in [2.24, 2.45) is 0 Å². The fraction of sp³-hybridized carbons (Fsp3) is 0.257. The second kappa shape index (κ2) is 11.7. The van der Waals surface area contributed by atoms with Gasteiger partial charge in [0.1, 0.15) is 17.2 Å². The Kier molecular flexibility index (Phi) is 7.67. The van der Waals surface area contributed by atoms with Gasteiger partial charge >= 0.3 is 0 Å². The van der Waals surface area contributed by atoms with E-state index < -0.39 is 5.91 Å². The predicted octanol–water partition coefficient (Wildman–Crippen LogP) is 6.11. The van der Waals surface area contributed by atoms with Gasteiger partial charge in [-0.3, -0.25) is 9.59 Å². The average Bonchev–Trinajstić information content (AvgIpc) is 3.00. The summed E-state index contributed by atoms with van der Waals surface area (Å²) in [5.41, 5.74) is 5.83. The Morgan fingerprint density at radius 2 is 1.81 bits per heavy atom. The molecule has 0 radical (unpaired) electrons. The van der Waals surface area contributed by atoms with E-state index in [1.807, 2.05) is 73.3 Å². The highest BCUT2D eigenvalue weighted by molar-refractivity contribution is 5.97. The molecule has 1 atom stereocenters. The van der Waals surface area contributed by atoms with Gasteiger partial charge in [0.2, 0.25) is 0 Å². The van der Waals surface area contributed by atoms with Gasteiger partial charge in [0.15, 0.2) is 11.5 Å². The van der Waals surface area contributed by atoms with Crippen LogP contribution in [0.15, 0.2) is 72.8 Å². The summed E-state index contributed by atoms with van der Waals surface area (Å²) in [6.45, 7) is 5.18. The number of amides is 2. The topological polar surface area (TPSA) is 97.3 Å². The van der Waals surface area contributed by atoms with Crippen molar-refractivity contribution in [3.8, 4) is 28.7 Å². The van der Waals surface area contributed by atoms with Crippen LogP contribution in [-0.2, 0) is 6.42 Å². The molecule has 220 valence electrons. The summed E-state index contributed by atoms with van der Waals surface area (Å²) in [6, 6.07) is 21.8. The first-order valence-corrected chi connectivity index (χ1v) is 14.4. The Balaban J connectivity index is 1.46. The van der Waals surface area contributed by atoms with Crippen LogP contribution in [0.2, 0.25) is 0 Å². The third-order valence-electron chi connectivity index (χ3n) is 8.03. The third-order valence-corrected chi connectivity index (χ3v) is 8.03. The predicted molar refractivity (Wildman–Crippen MR) is 163 cm³/mol. The van der Waals surface area contributed by atoms with Crippen LogP contribution in [0.1, 0.15) is 61.0 Å². The van der Waals surface area contributed by atoms with Crippen LogP contribution < -0.4 is 19.5 Å². The zero-order chi connectivity index (χ0) is 30.1. The van der Waals surface area contributed by atoms with Crippen molar-refractivity contribution in [2.45, 2.75) is 32.7 Å². The standard InChI is InChI=1S/C35H34N2O6/c1-21-5-9-27(22(2)17-21)35(40)37-15-13-23-18-25-7-10-28(23)33(37)24-6-12-31(41-3)32(19-24)42-16-4-14-36-34(39)29-20-26(43-25)8-11-30(29)38/h5-12,17-20,33,38H,4,13-16H2,1-3H3,(H,36,39). The number of phenols is 1. The lowest BCUT2D eigenvalue weighted by atomic mass is 9.87. The second-order valence-corrected chi connectivity index (χ2v) is 11.0. The molecule has 0 saturated carbocycles. The van der Waals surface area contributed by atoms with E-state index in [0.29, 0.717) is 61.1 Å². The average molecular weight is 579 g/mol. The molecular weight excluding hydrogens is 544 g/mol. The molecule has 2 amide bonds. The molecule has 0 fully saturated rings. The lowest BCUT2D eigenvalue weighted by molar-refractivity contribution is 0.0693. The minimum Gasteiger partial charge on any atom is -0.507 e. The Labute approximate surface area is 250 Å². The molecule has 4 aromatic carbocycles. The number of hydrogen-bond donors (Lipinski definition) is 2. The molecule has 3 aliphatic rings. The fourth-order valence-electron chi connectivity index (χ4n) is 5.88.